The molecule has 1 heterocycles. The van der Waals surface area contributed by atoms with Crippen LogP contribution in [-0.4, -0.2) is 4.98 Å². The molecule has 0 fully saturated rings. The van der Waals surface area contributed by atoms with E-state index in [-0.39, 0.29) is 0 Å². The molecule has 1 aromatic heterocycles. The van der Waals surface area contributed by atoms with E-state index in [0.717, 1.165) is 6.42 Å². The van der Waals surface area contributed by atoms with E-state index in [4.69, 9.17) is 0 Å². The molecular formula is C8H10N. The highest BCUT2D eigenvalue weighted by Crippen LogP contribution is 1.97. The fourth-order valence-electron chi connectivity index (χ4n) is 0.768. The summed E-state index contributed by atoms with van der Waals surface area (Å²) in [5.41, 5.74) is 1.21. The normalized spacial score (nSPS) is 9.44. The van der Waals surface area contributed by atoms with Crippen molar-refractivity contribution < 1.29 is 0 Å². The fourth-order valence-corrected chi connectivity index (χ4v) is 0.768. The third-order valence-electron chi connectivity index (χ3n) is 1.19. The standard InChI is InChI=1S/C8H10N/c1-2-4-8-5-3-6-9-7-8/h3,5-6H,2,4H2,1H3. The Bertz CT molecular complexity index is 157. The van der Waals surface area contributed by atoms with Gasteiger partial charge in [-0.2, -0.15) is 0 Å². The van der Waals surface area contributed by atoms with E-state index in [1.54, 1.807) is 6.20 Å². The zero-order chi connectivity index (χ0) is 6.53. The van der Waals surface area contributed by atoms with Crippen molar-refractivity contribution in [2.24, 2.45) is 0 Å². The quantitative estimate of drug-likeness (QED) is 0.580. The molecule has 0 amide bonds. The first-order valence-corrected chi connectivity index (χ1v) is 3.25. The average molecular weight is 120 g/mol. The summed E-state index contributed by atoms with van der Waals surface area (Å²) in [5.74, 6) is 0. The molecule has 0 N–H and O–H groups in total. The summed E-state index contributed by atoms with van der Waals surface area (Å²) in [5, 5.41) is 0. The molecule has 1 rings (SSSR count). The second kappa shape index (κ2) is 3.23. The lowest BCUT2D eigenvalue weighted by Crippen LogP contribution is -1.82. The molecule has 0 spiro atoms. The number of rotatable bonds is 2. The number of nitrogens with zero attached hydrogens (tertiary/aromatic N) is 1. The fraction of sp³-hybridized carbons (Fsp3) is 0.375. The van der Waals surface area contributed by atoms with E-state index in [1.807, 2.05) is 6.07 Å². The third kappa shape index (κ3) is 1.84. The number of aromatic nitrogens is 1. The largest absolute Gasteiger partial charge is 0.254 e. The van der Waals surface area contributed by atoms with Gasteiger partial charge in [0.1, 0.15) is 0 Å². The van der Waals surface area contributed by atoms with Crippen molar-refractivity contribution in [1.29, 1.82) is 0 Å². The van der Waals surface area contributed by atoms with Gasteiger partial charge >= 0.3 is 0 Å². The second-order valence-electron chi connectivity index (χ2n) is 2.02. The number of hydrogen-bond donors (Lipinski definition) is 0. The van der Waals surface area contributed by atoms with E-state index in [0.29, 0.717) is 0 Å². The molecule has 0 aromatic carbocycles. The van der Waals surface area contributed by atoms with Crippen LogP contribution in [0.15, 0.2) is 18.3 Å². The molecule has 47 valence electrons. The van der Waals surface area contributed by atoms with Crippen molar-refractivity contribution in [2.45, 2.75) is 19.8 Å². The van der Waals surface area contributed by atoms with Crippen molar-refractivity contribution in [3.63, 3.8) is 0 Å². The summed E-state index contributed by atoms with van der Waals surface area (Å²) in [6.45, 7) is 2.15. The van der Waals surface area contributed by atoms with Crippen molar-refractivity contribution >= 4 is 0 Å². The first-order chi connectivity index (χ1) is 4.43. The Morgan fingerprint density at radius 1 is 1.67 bits per heavy atom. The Morgan fingerprint density at radius 2 is 2.56 bits per heavy atom. The smallest absolute Gasteiger partial charge is 0.0920 e. The summed E-state index contributed by atoms with van der Waals surface area (Å²) in [6.07, 6.45) is 6.93. The van der Waals surface area contributed by atoms with Crippen LogP contribution in [0, 0.1) is 6.20 Å². The Labute approximate surface area is 55.7 Å². The monoisotopic (exact) mass is 120 g/mol. The minimum Gasteiger partial charge on any atom is -0.254 e. The van der Waals surface area contributed by atoms with Gasteiger partial charge in [-0.15, -0.1) is 0 Å². The van der Waals surface area contributed by atoms with E-state index in [9.17, 15) is 0 Å². The van der Waals surface area contributed by atoms with Gasteiger partial charge in [-0.1, -0.05) is 19.4 Å². The molecule has 0 bridgehead atoms. The average Bonchev–Trinajstić information content (AvgIpc) is 1.91. The molecule has 1 nitrogen and oxygen atoms in total. The number of hydrogen-bond acceptors (Lipinski definition) is 1. The Hall–Kier alpha value is -0.850. The predicted molar refractivity (Wildman–Crippen MR) is 37.1 cm³/mol. The molecule has 1 aromatic rings. The lowest BCUT2D eigenvalue weighted by Gasteiger charge is -1.92. The van der Waals surface area contributed by atoms with Gasteiger partial charge in [0.15, 0.2) is 0 Å². The van der Waals surface area contributed by atoms with E-state index in [1.165, 1.54) is 12.0 Å². The van der Waals surface area contributed by atoms with Gasteiger partial charge in [0.2, 0.25) is 0 Å². The first-order valence-electron chi connectivity index (χ1n) is 3.25. The van der Waals surface area contributed by atoms with Crippen LogP contribution in [0.1, 0.15) is 18.9 Å². The molecular weight excluding hydrogens is 110 g/mol. The van der Waals surface area contributed by atoms with Crippen molar-refractivity contribution in [3.05, 3.63) is 30.1 Å². The van der Waals surface area contributed by atoms with Gasteiger partial charge in [0, 0.05) is 6.20 Å². The minimum absolute atomic E-state index is 1.09. The molecule has 0 aliphatic carbocycles. The van der Waals surface area contributed by atoms with Crippen LogP contribution in [0.25, 0.3) is 0 Å². The Kier molecular flexibility index (Phi) is 2.25. The topological polar surface area (TPSA) is 12.9 Å². The highest BCUT2D eigenvalue weighted by atomic mass is 14.6. The highest BCUT2D eigenvalue weighted by molar-refractivity contribution is 5.06. The van der Waals surface area contributed by atoms with Crippen LogP contribution >= 0.6 is 0 Å². The van der Waals surface area contributed by atoms with Gasteiger partial charge in [-0.25, -0.2) is 0 Å². The van der Waals surface area contributed by atoms with Crippen LogP contribution in [0.3, 0.4) is 0 Å². The Morgan fingerprint density at radius 3 is 3.11 bits per heavy atom. The maximum Gasteiger partial charge on any atom is 0.0920 e. The Balaban J connectivity index is 2.61. The molecule has 0 aliphatic rings. The van der Waals surface area contributed by atoms with E-state index >= 15 is 0 Å². The molecule has 0 aliphatic heterocycles. The SMILES string of the molecule is CCCc1[c]nccc1. The summed E-state index contributed by atoms with van der Waals surface area (Å²) < 4.78 is 0. The van der Waals surface area contributed by atoms with Crippen LogP contribution in [0.5, 0.6) is 0 Å². The summed E-state index contributed by atoms with van der Waals surface area (Å²) in [6, 6.07) is 4.00. The molecule has 0 atom stereocenters. The zero-order valence-corrected chi connectivity index (χ0v) is 5.59. The third-order valence-corrected chi connectivity index (χ3v) is 1.19. The van der Waals surface area contributed by atoms with Crippen LogP contribution in [0.4, 0.5) is 0 Å². The lowest BCUT2D eigenvalue weighted by molar-refractivity contribution is 0.911. The summed E-state index contributed by atoms with van der Waals surface area (Å²) >= 11 is 0. The lowest BCUT2D eigenvalue weighted by atomic mass is 10.2. The van der Waals surface area contributed by atoms with E-state index in [2.05, 4.69) is 24.2 Å². The van der Waals surface area contributed by atoms with Gasteiger partial charge in [0.05, 0.1) is 6.20 Å². The van der Waals surface area contributed by atoms with Crippen LogP contribution < -0.4 is 0 Å². The van der Waals surface area contributed by atoms with Crippen molar-refractivity contribution in [1.82, 2.24) is 4.98 Å². The molecule has 1 heteroatoms. The van der Waals surface area contributed by atoms with Gasteiger partial charge in [0.25, 0.3) is 0 Å². The van der Waals surface area contributed by atoms with Crippen molar-refractivity contribution in [2.75, 3.05) is 0 Å². The molecule has 1 radical (unpaired) electrons. The summed E-state index contributed by atoms with van der Waals surface area (Å²) in [4.78, 5) is 3.88. The highest BCUT2D eigenvalue weighted by Gasteiger charge is 1.86. The predicted octanol–water partition coefficient (Wildman–Crippen LogP) is 1.83. The molecule has 0 saturated carbocycles. The molecule has 0 unspecified atom stereocenters. The first kappa shape index (κ1) is 6.27. The van der Waals surface area contributed by atoms with Gasteiger partial charge < -0.3 is 0 Å². The van der Waals surface area contributed by atoms with Crippen molar-refractivity contribution in [3.8, 4) is 0 Å². The zero-order valence-electron chi connectivity index (χ0n) is 5.59. The van der Waals surface area contributed by atoms with Gasteiger partial charge in [-0.3, -0.25) is 4.98 Å². The number of aryl methyl sites for hydroxylation is 1. The minimum atomic E-state index is 1.09. The van der Waals surface area contributed by atoms with Gasteiger partial charge in [-0.05, 0) is 18.1 Å². The summed E-state index contributed by atoms with van der Waals surface area (Å²) in [7, 11) is 0. The second-order valence-corrected chi connectivity index (χ2v) is 2.02. The molecule has 0 saturated heterocycles. The molecule has 9 heavy (non-hydrogen) atoms. The maximum absolute atomic E-state index is 3.88. The van der Waals surface area contributed by atoms with E-state index < -0.39 is 0 Å². The van der Waals surface area contributed by atoms with Crippen LogP contribution in [0.2, 0.25) is 0 Å². The van der Waals surface area contributed by atoms with Crippen LogP contribution in [-0.2, 0) is 6.42 Å². The number of pyridine rings is 1. The maximum atomic E-state index is 3.88.